The summed E-state index contributed by atoms with van der Waals surface area (Å²) in [6.45, 7) is 6.04. The van der Waals surface area contributed by atoms with Crippen molar-refractivity contribution in [2.75, 3.05) is 6.54 Å². The third-order valence-electron chi connectivity index (χ3n) is 4.73. The van der Waals surface area contributed by atoms with Gasteiger partial charge in [0.15, 0.2) is 0 Å². The molecule has 0 spiro atoms. The predicted molar refractivity (Wildman–Crippen MR) is 63.1 cm³/mol. The lowest BCUT2D eigenvalue weighted by Crippen LogP contribution is -2.56. The first-order valence-electron chi connectivity index (χ1n) is 6.03. The SMILES string of the molecule is C[C@H]1[C@H]2Cc3ccccc3[C@]1(C)CCN2. The monoisotopic (exact) mass is 201 g/mol. The summed E-state index contributed by atoms with van der Waals surface area (Å²) in [5, 5.41) is 3.67. The lowest BCUT2D eigenvalue weighted by atomic mass is 9.60. The Morgan fingerprint density at radius 3 is 3.00 bits per heavy atom. The molecule has 1 nitrogen and oxygen atoms in total. The number of hydrogen-bond donors (Lipinski definition) is 1. The van der Waals surface area contributed by atoms with Gasteiger partial charge in [0, 0.05) is 6.04 Å². The molecule has 2 bridgehead atoms. The van der Waals surface area contributed by atoms with E-state index in [1.165, 1.54) is 19.4 Å². The molecule has 1 heterocycles. The second kappa shape index (κ2) is 3.08. The number of piperidine rings is 1. The maximum atomic E-state index is 3.67. The molecule has 1 fully saturated rings. The van der Waals surface area contributed by atoms with Crippen LogP contribution in [0.5, 0.6) is 0 Å². The van der Waals surface area contributed by atoms with E-state index in [2.05, 4.69) is 43.4 Å². The first-order chi connectivity index (χ1) is 7.22. The Morgan fingerprint density at radius 2 is 2.13 bits per heavy atom. The van der Waals surface area contributed by atoms with Crippen LogP contribution in [0.15, 0.2) is 24.3 Å². The summed E-state index contributed by atoms with van der Waals surface area (Å²) in [5.41, 5.74) is 3.58. The summed E-state index contributed by atoms with van der Waals surface area (Å²) in [4.78, 5) is 0. The molecule has 0 amide bonds. The molecule has 3 atom stereocenters. The van der Waals surface area contributed by atoms with Crippen molar-refractivity contribution in [3.8, 4) is 0 Å². The normalized spacial score (nSPS) is 38.5. The molecule has 1 saturated heterocycles. The molecule has 1 N–H and O–H groups in total. The van der Waals surface area contributed by atoms with Gasteiger partial charge in [-0.15, -0.1) is 0 Å². The minimum Gasteiger partial charge on any atom is -0.313 e. The van der Waals surface area contributed by atoms with Crippen molar-refractivity contribution in [3.05, 3.63) is 35.4 Å². The van der Waals surface area contributed by atoms with E-state index in [0.29, 0.717) is 11.5 Å². The van der Waals surface area contributed by atoms with Gasteiger partial charge < -0.3 is 5.32 Å². The molecule has 3 rings (SSSR count). The predicted octanol–water partition coefficient (Wildman–Crippen LogP) is 2.50. The maximum absolute atomic E-state index is 3.67. The molecule has 80 valence electrons. The lowest BCUT2D eigenvalue weighted by molar-refractivity contribution is 0.158. The highest BCUT2D eigenvalue weighted by Gasteiger charge is 2.44. The van der Waals surface area contributed by atoms with Gasteiger partial charge in [-0.05, 0) is 41.8 Å². The van der Waals surface area contributed by atoms with Crippen LogP contribution in [0.4, 0.5) is 0 Å². The fourth-order valence-corrected chi connectivity index (χ4v) is 3.49. The van der Waals surface area contributed by atoms with E-state index in [1.807, 2.05) is 0 Å². The summed E-state index contributed by atoms with van der Waals surface area (Å²) >= 11 is 0. The second-order valence-electron chi connectivity index (χ2n) is 5.38. The zero-order chi connectivity index (χ0) is 10.5. The first kappa shape index (κ1) is 9.41. The molecule has 0 radical (unpaired) electrons. The van der Waals surface area contributed by atoms with Crippen molar-refractivity contribution in [2.24, 2.45) is 5.92 Å². The van der Waals surface area contributed by atoms with Gasteiger partial charge in [-0.2, -0.15) is 0 Å². The average molecular weight is 201 g/mol. The summed E-state index contributed by atoms with van der Waals surface area (Å²) in [7, 11) is 0. The molecule has 1 aliphatic heterocycles. The fraction of sp³-hybridized carbons (Fsp3) is 0.571. The standard InChI is InChI=1S/C14H19N/c1-10-13-9-11-5-3-4-6-12(11)14(10,2)7-8-15-13/h3-6,10,13,15H,7-9H2,1-2H3/t10-,13+,14+/m0/s1. The van der Waals surface area contributed by atoms with Crippen LogP contribution in [0, 0.1) is 5.92 Å². The Labute approximate surface area is 91.9 Å². The molecule has 0 saturated carbocycles. The Hall–Kier alpha value is -0.820. The Balaban J connectivity index is 2.17. The third kappa shape index (κ3) is 1.19. The van der Waals surface area contributed by atoms with Crippen LogP contribution < -0.4 is 5.32 Å². The molecule has 1 aromatic carbocycles. The van der Waals surface area contributed by atoms with Crippen molar-refractivity contribution < 1.29 is 0 Å². The molecule has 1 aromatic rings. The minimum atomic E-state index is 0.408. The Kier molecular flexibility index (Phi) is 1.93. The molecule has 0 aromatic heterocycles. The first-order valence-corrected chi connectivity index (χ1v) is 6.03. The fourth-order valence-electron chi connectivity index (χ4n) is 3.49. The molecule has 0 unspecified atom stereocenters. The van der Waals surface area contributed by atoms with Crippen LogP contribution in [0.3, 0.4) is 0 Å². The van der Waals surface area contributed by atoms with Gasteiger partial charge in [-0.25, -0.2) is 0 Å². The van der Waals surface area contributed by atoms with E-state index in [0.717, 1.165) is 5.92 Å². The summed E-state index contributed by atoms with van der Waals surface area (Å²) < 4.78 is 0. The van der Waals surface area contributed by atoms with Crippen LogP contribution in [0.2, 0.25) is 0 Å². The van der Waals surface area contributed by atoms with Crippen LogP contribution in [-0.2, 0) is 11.8 Å². The second-order valence-corrected chi connectivity index (χ2v) is 5.38. The smallest absolute Gasteiger partial charge is 0.0142 e. The van der Waals surface area contributed by atoms with Crippen LogP contribution in [0.1, 0.15) is 31.4 Å². The molecular weight excluding hydrogens is 182 g/mol. The molecular formula is C14H19N. The minimum absolute atomic E-state index is 0.408. The van der Waals surface area contributed by atoms with E-state index in [-0.39, 0.29) is 0 Å². The summed E-state index contributed by atoms with van der Waals surface area (Å²) in [6.07, 6.45) is 2.49. The van der Waals surface area contributed by atoms with Gasteiger partial charge in [0.1, 0.15) is 0 Å². The molecule has 2 aliphatic rings. The maximum Gasteiger partial charge on any atom is 0.0142 e. The quantitative estimate of drug-likeness (QED) is 0.680. The van der Waals surface area contributed by atoms with Gasteiger partial charge in [0.05, 0.1) is 0 Å². The van der Waals surface area contributed by atoms with E-state index in [4.69, 9.17) is 0 Å². The molecule has 1 heteroatoms. The third-order valence-corrected chi connectivity index (χ3v) is 4.73. The number of hydrogen-bond acceptors (Lipinski definition) is 1. The van der Waals surface area contributed by atoms with E-state index >= 15 is 0 Å². The number of rotatable bonds is 0. The summed E-state index contributed by atoms with van der Waals surface area (Å²) in [6, 6.07) is 9.71. The number of nitrogens with one attached hydrogen (secondary N) is 1. The summed E-state index contributed by atoms with van der Waals surface area (Å²) in [5.74, 6) is 0.765. The van der Waals surface area contributed by atoms with Crippen LogP contribution in [0.25, 0.3) is 0 Å². The highest BCUT2D eigenvalue weighted by molar-refractivity contribution is 5.39. The lowest BCUT2D eigenvalue weighted by Gasteiger charge is -2.50. The zero-order valence-electron chi connectivity index (χ0n) is 9.59. The zero-order valence-corrected chi connectivity index (χ0v) is 9.59. The van der Waals surface area contributed by atoms with Crippen molar-refractivity contribution in [2.45, 2.75) is 38.1 Å². The van der Waals surface area contributed by atoms with E-state index in [9.17, 15) is 0 Å². The Morgan fingerprint density at radius 1 is 1.33 bits per heavy atom. The highest BCUT2D eigenvalue weighted by Crippen LogP contribution is 2.45. The van der Waals surface area contributed by atoms with Gasteiger partial charge in [0.25, 0.3) is 0 Å². The van der Waals surface area contributed by atoms with Gasteiger partial charge in [-0.1, -0.05) is 38.1 Å². The van der Waals surface area contributed by atoms with Crippen LogP contribution >= 0.6 is 0 Å². The Bertz CT molecular complexity index is 385. The highest BCUT2D eigenvalue weighted by atomic mass is 14.9. The van der Waals surface area contributed by atoms with Crippen molar-refractivity contribution >= 4 is 0 Å². The largest absolute Gasteiger partial charge is 0.313 e. The van der Waals surface area contributed by atoms with E-state index in [1.54, 1.807) is 11.1 Å². The van der Waals surface area contributed by atoms with Crippen molar-refractivity contribution in [1.29, 1.82) is 0 Å². The van der Waals surface area contributed by atoms with Gasteiger partial charge in [0.2, 0.25) is 0 Å². The molecule has 1 aliphatic carbocycles. The van der Waals surface area contributed by atoms with Crippen molar-refractivity contribution in [3.63, 3.8) is 0 Å². The molecule has 15 heavy (non-hydrogen) atoms. The van der Waals surface area contributed by atoms with Gasteiger partial charge >= 0.3 is 0 Å². The number of fused-ring (bicyclic) bond motifs is 4. The van der Waals surface area contributed by atoms with Crippen molar-refractivity contribution in [1.82, 2.24) is 5.32 Å². The number of benzene rings is 1. The van der Waals surface area contributed by atoms with E-state index < -0.39 is 0 Å². The average Bonchev–Trinajstić information content (AvgIpc) is 2.23. The topological polar surface area (TPSA) is 12.0 Å². The van der Waals surface area contributed by atoms with Gasteiger partial charge in [-0.3, -0.25) is 0 Å². The van der Waals surface area contributed by atoms with Crippen LogP contribution in [-0.4, -0.2) is 12.6 Å².